The van der Waals surface area contributed by atoms with E-state index in [-0.39, 0.29) is 18.2 Å². The number of hydrogen-bond acceptors (Lipinski definition) is 4. The number of carbonyl (C=O) groups is 2. The number of rotatable bonds is 5. The van der Waals surface area contributed by atoms with Gasteiger partial charge in [-0.05, 0) is 20.8 Å². The van der Waals surface area contributed by atoms with E-state index < -0.39 is 17.9 Å². The fraction of sp³-hybridized carbons (Fsp3) is 0.600. The van der Waals surface area contributed by atoms with E-state index >= 15 is 0 Å². The monoisotopic (exact) mass is 234 g/mol. The van der Waals surface area contributed by atoms with Gasteiger partial charge < -0.3 is 9.47 Å². The summed E-state index contributed by atoms with van der Waals surface area (Å²) < 4.78 is 9.46. The lowest BCUT2D eigenvalue weighted by Crippen LogP contribution is -2.28. The molecule has 0 aliphatic heterocycles. The first-order chi connectivity index (χ1) is 7.08. The Morgan fingerprint density at radius 3 is 1.87 bits per heavy atom. The van der Waals surface area contributed by atoms with Crippen LogP contribution >= 0.6 is 11.6 Å². The average Bonchev–Trinajstić information content (AvgIpc) is 2.18. The number of hydrogen-bond donors (Lipinski definition) is 0. The van der Waals surface area contributed by atoms with Gasteiger partial charge in [0.25, 0.3) is 0 Å². The zero-order valence-electron chi connectivity index (χ0n) is 9.08. The predicted molar refractivity (Wildman–Crippen MR) is 56.4 cm³/mol. The van der Waals surface area contributed by atoms with Crippen molar-refractivity contribution in [3.05, 3.63) is 11.1 Å². The van der Waals surface area contributed by atoms with Crippen LogP contribution < -0.4 is 0 Å². The highest BCUT2D eigenvalue weighted by Crippen LogP contribution is 2.19. The van der Waals surface area contributed by atoms with Gasteiger partial charge >= 0.3 is 11.9 Å². The van der Waals surface area contributed by atoms with E-state index in [4.69, 9.17) is 21.1 Å². The molecular weight excluding hydrogens is 220 g/mol. The van der Waals surface area contributed by atoms with Crippen molar-refractivity contribution in [3.8, 4) is 0 Å². The first kappa shape index (κ1) is 14.0. The van der Waals surface area contributed by atoms with Gasteiger partial charge in [0.05, 0.1) is 13.2 Å². The van der Waals surface area contributed by atoms with Crippen LogP contribution in [-0.2, 0) is 19.1 Å². The van der Waals surface area contributed by atoms with E-state index in [2.05, 4.69) is 0 Å². The standard InChI is InChI=1S/C10H15ClO4/c1-4-7(11)8(9(12)14-5-2)10(13)15-6-3/h4,8H,5-6H2,1-3H3. The number of allylic oxidation sites excluding steroid dienone is 1. The fourth-order valence-corrected chi connectivity index (χ4v) is 1.12. The van der Waals surface area contributed by atoms with E-state index in [1.807, 2.05) is 0 Å². The Morgan fingerprint density at radius 2 is 1.60 bits per heavy atom. The van der Waals surface area contributed by atoms with Crippen LogP contribution in [0.1, 0.15) is 20.8 Å². The van der Waals surface area contributed by atoms with E-state index in [0.29, 0.717) is 0 Å². The molecule has 0 aromatic carbocycles. The molecule has 0 rings (SSSR count). The summed E-state index contributed by atoms with van der Waals surface area (Å²) in [5, 5.41) is 0.118. The molecular formula is C10H15ClO4. The molecule has 0 aromatic heterocycles. The molecule has 0 heterocycles. The molecule has 15 heavy (non-hydrogen) atoms. The molecule has 0 aliphatic carbocycles. The van der Waals surface area contributed by atoms with Crippen LogP contribution in [0.3, 0.4) is 0 Å². The van der Waals surface area contributed by atoms with Crippen molar-refractivity contribution in [1.82, 2.24) is 0 Å². The molecule has 0 N–H and O–H groups in total. The van der Waals surface area contributed by atoms with Crippen LogP contribution in [-0.4, -0.2) is 25.2 Å². The Morgan fingerprint density at radius 1 is 1.20 bits per heavy atom. The van der Waals surface area contributed by atoms with Crippen molar-refractivity contribution in [2.24, 2.45) is 5.92 Å². The van der Waals surface area contributed by atoms with Gasteiger partial charge in [-0.3, -0.25) is 9.59 Å². The summed E-state index contributed by atoms with van der Waals surface area (Å²) in [7, 11) is 0. The van der Waals surface area contributed by atoms with Crippen molar-refractivity contribution >= 4 is 23.5 Å². The zero-order valence-corrected chi connectivity index (χ0v) is 9.84. The second-order valence-corrected chi connectivity index (χ2v) is 3.05. The highest BCUT2D eigenvalue weighted by atomic mass is 35.5. The lowest BCUT2D eigenvalue weighted by Gasteiger charge is -2.13. The molecule has 0 saturated carbocycles. The highest BCUT2D eigenvalue weighted by molar-refractivity contribution is 6.33. The largest absolute Gasteiger partial charge is 0.465 e. The normalized spacial score (nSPS) is 11.4. The van der Waals surface area contributed by atoms with Crippen LogP contribution in [0.15, 0.2) is 11.1 Å². The SMILES string of the molecule is CC=C(Cl)C(C(=O)OCC)C(=O)OCC. The van der Waals surface area contributed by atoms with Gasteiger partial charge in [-0.2, -0.15) is 0 Å². The van der Waals surface area contributed by atoms with Crippen molar-refractivity contribution in [1.29, 1.82) is 0 Å². The van der Waals surface area contributed by atoms with Crippen molar-refractivity contribution in [2.75, 3.05) is 13.2 Å². The molecule has 0 radical (unpaired) electrons. The second kappa shape index (κ2) is 7.29. The fourth-order valence-electron chi connectivity index (χ4n) is 0.939. The Balaban J connectivity index is 4.73. The van der Waals surface area contributed by atoms with E-state index in [1.165, 1.54) is 6.08 Å². The first-order valence-electron chi connectivity index (χ1n) is 4.73. The van der Waals surface area contributed by atoms with Gasteiger partial charge in [-0.25, -0.2) is 0 Å². The Kier molecular flexibility index (Phi) is 6.79. The molecule has 0 saturated heterocycles. The number of ether oxygens (including phenoxy) is 2. The third-order valence-electron chi connectivity index (χ3n) is 1.60. The van der Waals surface area contributed by atoms with Crippen molar-refractivity contribution in [3.63, 3.8) is 0 Å². The second-order valence-electron chi connectivity index (χ2n) is 2.61. The van der Waals surface area contributed by atoms with Crippen LogP contribution in [0, 0.1) is 5.92 Å². The Bertz CT molecular complexity index is 242. The van der Waals surface area contributed by atoms with Crippen LogP contribution in [0.25, 0.3) is 0 Å². The molecule has 0 fully saturated rings. The number of esters is 2. The van der Waals surface area contributed by atoms with Gasteiger partial charge in [-0.1, -0.05) is 17.7 Å². The summed E-state index contributed by atoms with van der Waals surface area (Å²) in [5.41, 5.74) is 0. The number of halogens is 1. The van der Waals surface area contributed by atoms with E-state index in [9.17, 15) is 9.59 Å². The third kappa shape index (κ3) is 4.34. The topological polar surface area (TPSA) is 52.6 Å². The summed E-state index contributed by atoms with van der Waals surface area (Å²) in [5.74, 6) is -2.52. The molecule has 0 aromatic rings. The van der Waals surface area contributed by atoms with Gasteiger partial charge in [0, 0.05) is 5.03 Å². The molecule has 0 amide bonds. The predicted octanol–water partition coefficient (Wildman–Crippen LogP) is 1.87. The summed E-state index contributed by atoms with van der Waals surface area (Å²) in [6.45, 7) is 5.34. The maximum atomic E-state index is 11.4. The lowest BCUT2D eigenvalue weighted by molar-refractivity contribution is -0.159. The van der Waals surface area contributed by atoms with Gasteiger partial charge in [0.1, 0.15) is 0 Å². The molecule has 0 spiro atoms. The van der Waals surface area contributed by atoms with E-state index in [1.54, 1.807) is 20.8 Å². The molecule has 0 bridgehead atoms. The van der Waals surface area contributed by atoms with Gasteiger partial charge in [-0.15, -0.1) is 0 Å². The quantitative estimate of drug-likeness (QED) is 0.538. The Labute approximate surface area is 94.2 Å². The molecule has 0 unspecified atom stereocenters. The smallest absolute Gasteiger partial charge is 0.325 e. The highest BCUT2D eigenvalue weighted by Gasteiger charge is 2.32. The Hall–Kier alpha value is -1.03. The average molecular weight is 235 g/mol. The molecule has 0 aliphatic rings. The summed E-state index contributed by atoms with van der Waals surface area (Å²) >= 11 is 5.75. The third-order valence-corrected chi connectivity index (χ3v) is 2.03. The minimum atomic E-state index is -1.16. The molecule has 4 nitrogen and oxygen atoms in total. The van der Waals surface area contributed by atoms with Crippen molar-refractivity contribution < 1.29 is 19.1 Å². The maximum absolute atomic E-state index is 11.4. The molecule has 0 atom stereocenters. The summed E-state index contributed by atoms with van der Waals surface area (Å²) in [6, 6.07) is 0. The zero-order chi connectivity index (χ0) is 11.8. The molecule has 5 heteroatoms. The summed E-state index contributed by atoms with van der Waals surface area (Å²) in [4.78, 5) is 22.8. The number of carbonyl (C=O) groups excluding carboxylic acids is 2. The maximum Gasteiger partial charge on any atom is 0.325 e. The molecule has 86 valence electrons. The minimum Gasteiger partial charge on any atom is -0.465 e. The van der Waals surface area contributed by atoms with Crippen LogP contribution in [0.5, 0.6) is 0 Å². The summed E-state index contributed by atoms with van der Waals surface area (Å²) in [6.07, 6.45) is 1.47. The van der Waals surface area contributed by atoms with Crippen LogP contribution in [0.2, 0.25) is 0 Å². The van der Waals surface area contributed by atoms with Crippen molar-refractivity contribution in [2.45, 2.75) is 20.8 Å². The minimum absolute atomic E-state index is 0.118. The van der Waals surface area contributed by atoms with Crippen LogP contribution in [0.4, 0.5) is 0 Å². The first-order valence-corrected chi connectivity index (χ1v) is 5.11. The lowest BCUT2D eigenvalue weighted by atomic mass is 10.1. The van der Waals surface area contributed by atoms with Gasteiger partial charge in [0.2, 0.25) is 0 Å². The van der Waals surface area contributed by atoms with E-state index in [0.717, 1.165) is 0 Å². The van der Waals surface area contributed by atoms with Gasteiger partial charge in [0.15, 0.2) is 5.92 Å².